The number of sulfonamides is 1. The smallest absolute Gasteiger partial charge is 0.264 e. The third kappa shape index (κ3) is 4.29. The van der Waals surface area contributed by atoms with E-state index in [4.69, 9.17) is 0 Å². The van der Waals surface area contributed by atoms with Gasteiger partial charge in [-0.15, -0.1) is 0 Å². The molecule has 7 heteroatoms. The lowest BCUT2D eigenvalue weighted by molar-refractivity contribution is -0.122. The predicted octanol–water partition coefficient (Wildman–Crippen LogP) is 3.19. The van der Waals surface area contributed by atoms with Crippen molar-refractivity contribution in [1.82, 2.24) is 14.7 Å². The molecule has 0 saturated carbocycles. The van der Waals surface area contributed by atoms with Crippen molar-refractivity contribution < 1.29 is 13.2 Å². The van der Waals surface area contributed by atoms with Crippen LogP contribution in [0.3, 0.4) is 0 Å². The summed E-state index contributed by atoms with van der Waals surface area (Å²) in [7, 11) is -3.90. The van der Waals surface area contributed by atoms with Gasteiger partial charge in [-0.3, -0.25) is 9.78 Å². The molecule has 1 atom stereocenters. The van der Waals surface area contributed by atoms with Gasteiger partial charge in [0.1, 0.15) is 0 Å². The average molecular weight is 410 g/mol. The maximum atomic E-state index is 12.7. The Morgan fingerprint density at radius 1 is 1.07 bits per heavy atom. The Kier molecular flexibility index (Phi) is 5.32. The van der Waals surface area contributed by atoms with E-state index in [2.05, 4.69) is 14.7 Å². The summed E-state index contributed by atoms with van der Waals surface area (Å²) < 4.78 is 27.6. The minimum Gasteiger partial charge on any atom is -0.274 e. The zero-order chi connectivity index (χ0) is 20.4. The minimum absolute atomic E-state index is 0.143. The Balaban J connectivity index is 1.47. The fourth-order valence-electron chi connectivity index (χ4n) is 3.67. The molecule has 1 aromatic heterocycles. The first-order valence-corrected chi connectivity index (χ1v) is 11.3. The number of benzene rings is 2. The van der Waals surface area contributed by atoms with Crippen LogP contribution >= 0.6 is 0 Å². The van der Waals surface area contributed by atoms with Crippen molar-refractivity contribution in [3.8, 4) is 0 Å². The molecule has 1 heterocycles. The van der Waals surface area contributed by atoms with Crippen LogP contribution in [0, 0.1) is 5.92 Å². The highest BCUT2D eigenvalue weighted by molar-refractivity contribution is 7.90. The van der Waals surface area contributed by atoms with Crippen LogP contribution in [0.25, 0.3) is 11.0 Å². The maximum Gasteiger partial charge on any atom is 0.264 e. The molecule has 0 radical (unpaired) electrons. The first-order valence-electron chi connectivity index (χ1n) is 9.81. The molecular weight excluding hydrogens is 386 g/mol. The van der Waals surface area contributed by atoms with Gasteiger partial charge >= 0.3 is 0 Å². The van der Waals surface area contributed by atoms with Crippen molar-refractivity contribution in [2.45, 2.75) is 43.9 Å². The number of fused-ring (bicyclic) bond motifs is 2. The largest absolute Gasteiger partial charge is 0.274 e. The van der Waals surface area contributed by atoms with Gasteiger partial charge in [0.05, 0.1) is 21.6 Å². The molecule has 1 amide bonds. The number of hydrogen-bond donors (Lipinski definition) is 1. The highest BCUT2D eigenvalue weighted by Crippen LogP contribution is 2.24. The molecule has 0 bridgehead atoms. The van der Waals surface area contributed by atoms with Crippen LogP contribution in [-0.2, 0) is 34.1 Å². The third-order valence-electron chi connectivity index (χ3n) is 5.33. The molecule has 1 unspecified atom stereocenters. The van der Waals surface area contributed by atoms with Crippen LogP contribution in [0.2, 0.25) is 0 Å². The van der Waals surface area contributed by atoms with Crippen LogP contribution < -0.4 is 4.72 Å². The topological polar surface area (TPSA) is 89.0 Å². The molecule has 0 fully saturated rings. The summed E-state index contributed by atoms with van der Waals surface area (Å²) in [5.74, 6) is -1.10. The van der Waals surface area contributed by atoms with Crippen LogP contribution in [0.4, 0.5) is 0 Å². The predicted molar refractivity (Wildman–Crippen MR) is 111 cm³/mol. The van der Waals surface area contributed by atoms with Gasteiger partial charge in [-0.1, -0.05) is 25.1 Å². The van der Waals surface area contributed by atoms with Gasteiger partial charge in [-0.05, 0) is 61.1 Å². The number of nitrogens with zero attached hydrogens (tertiary/aromatic N) is 2. The Bertz CT molecular complexity index is 1170. The van der Waals surface area contributed by atoms with Crippen molar-refractivity contribution in [2.75, 3.05) is 0 Å². The van der Waals surface area contributed by atoms with E-state index in [9.17, 15) is 13.2 Å². The van der Waals surface area contributed by atoms with Gasteiger partial charge in [-0.25, -0.2) is 18.1 Å². The first-order chi connectivity index (χ1) is 13.9. The number of carbonyl (C=O) groups excluding carboxylic acids is 1. The number of amides is 1. The summed E-state index contributed by atoms with van der Waals surface area (Å²) in [6.07, 6.45) is 5.99. The number of rotatable bonds is 5. The van der Waals surface area contributed by atoms with Crippen molar-refractivity contribution in [2.24, 2.45) is 5.92 Å². The Morgan fingerprint density at radius 3 is 2.59 bits per heavy atom. The van der Waals surface area contributed by atoms with Crippen molar-refractivity contribution in [1.29, 1.82) is 0 Å². The fraction of sp³-hybridized carbons (Fsp3) is 0.318. The van der Waals surface area contributed by atoms with E-state index in [1.807, 2.05) is 30.3 Å². The molecule has 1 aliphatic rings. The summed E-state index contributed by atoms with van der Waals surface area (Å²) >= 11 is 0. The molecule has 0 aliphatic heterocycles. The van der Waals surface area contributed by atoms with Gasteiger partial charge < -0.3 is 0 Å². The highest BCUT2D eigenvalue weighted by Gasteiger charge is 2.23. The van der Waals surface area contributed by atoms with Gasteiger partial charge in [-0.2, -0.15) is 0 Å². The standard InChI is InChI=1S/C22H23N3O3S/c1-15(12-18-14-23-20-8-4-5-9-21(20)24-18)22(26)25-29(27,28)19-11-10-16-6-2-3-7-17(16)13-19/h4-5,8-11,13-15H,2-3,6-7,12H2,1H3,(H,25,26). The van der Waals surface area contributed by atoms with Gasteiger partial charge in [0.15, 0.2) is 0 Å². The Hall–Kier alpha value is -2.80. The number of carbonyl (C=O) groups is 1. The average Bonchev–Trinajstić information content (AvgIpc) is 2.73. The quantitative estimate of drug-likeness (QED) is 0.699. The molecule has 1 N–H and O–H groups in total. The zero-order valence-corrected chi connectivity index (χ0v) is 17.1. The number of nitrogens with one attached hydrogen (secondary N) is 1. The van der Waals surface area contributed by atoms with E-state index in [-0.39, 0.29) is 4.90 Å². The molecule has 6 nitrogen and oxygen atoms in total. The molecule has 150 valence electrons. The normalized spacial score (nSPS) is 14.9. The van der Waals surface area contributed by atoms with E-state index < -0.39 is 21.8 Å². The molecule has 0 spiro atoms. The molecule has 2 aromatic carbocycles. The van der Waals surface area contributed by atoms with Crippen LogP contribution in [-0.4, -0.2) is 24.3 Å². The zero-order valence-electron chi connectivity index (χ0n) is 16.3. The fourth-order valence-corrected chi connectivity index (χ4v) is 4.80. The van der Waals surface area contributed by atoms with Crippen molar-refractivity contribution >= 4 is 27.0 Å². The Labute approximate surface area is 170 Å². The lowest BCUT2D eigenvalue weighted by Crippen LogP contribution is -2.35. The summed E-state index contributed by atoms with van der Waals surface area (Å²) in [5, 5.41) is 0. The van der Waals surface area contributed by atoms with E-state index in [0.29, 0.717) is 12.1 Å². The summed E-state index contributed by atoms with van der Waals surface area (Å²) in [6.45, 7) is 1.69. The Morgan fingerprint density at radius 2 is 1.79 bits per heavy atom. The van der Waals surface area contributed by atoms with Crippen molar-refractivity contribution in [3.05, 3.63) is 65.5 Å². The van der Waals surface area contributed by atoms with Gasteiger partial charge in [0.25, 0.3) is 10.0 Å². The van der Waals surface area contributed by atoms with Crippen LogP contribution in [0.15, 0.2) is 53.6 Å². The van der Waals surface area contributed by atoms with E-state index >= 15 is 0 Å². The SMILES string of the molecule is CC(Cc1cnc2ccccc2n1)C(=O)NS(=O)(=O)c1ccc2c(c1)CCCC2. The second-order valence-corrected chi connectivity index (χ2v) is 9.25. The minimum atomic E-state index is -3.90. The number of para-hydroxylation sites is 2. The number of hydrogen-bond acceptors (Lipinski definition) is 5. The number of aromatic nitrogens is 2. The molecular formula is C22H23N3O3S. The summed E-state index contributed by atoms with van der Waals surface area (Å²) in [6, 6.07) is 12.6. The second kappa shape index (κ2) is 7.91. The maximum absolute atomic E-state index is 12.7. The van der Waals surface area contributed by atoms with Crippen LogP contribution in [0.5, 0.6) is 0 Å². The monoisotopic (exact) mass is 409 g/mol. The highest BCUT2D eigenvalue weighted by atomic mass is 32.2. The lowest BCUT2D eigenvalue weighted by atomic mass is 9.92. The molecule has 4 rings (SSSR count). The summed E-state index contributed by atoms with van der Waals surface area (Å²) in [5.41, 5.74) is 4.44. The van der Waals surface area contributed by atoms with E-state index in [0.717, 1.165) is 42.3 Å². The third-order valence-corrected chi connectivity index (χ3v) is 6.67. The lowest BCUT2D eigenvalue weighted by Gasteiger charge is -2.17. The van der Waals surface area contributed by atoms with E-state index in [1.165, 1.54) is 5.56 Å². The van der Waals surface area contributed by atoms with Crippen LogP contribution in [0.1, 0.15) is 36.6 Å². The van der Waals surface area contributed by atoms with Gasteiger partial charge in [0.2, 0.25) is 5.91 Å². The first kappa shape index (κ1) is 19.5. The van der Waals surface area contributed by atoms with Crippen molar-refractivity contribution in [3.63, 3.8) is 0 Å². The molecule has 3 aromatic rings. The molecule has 29 heavy (non-hydrogen) atoms. The summed E-state index contributed by atoms with van der Waals surface area (Å²) in [4.78, 5) is 21.5. The second-order valence-electron chi connectivity index (χ2n) is 7.56. The molecule has 0 saturated heterocycles. The van der Waals surface area contributed by atoms with E-state index in [1.54, 1.807) is 25.3 Å². The number of aryl methyl sites for hydroxylation is 2. The van der Waals surface area contributed by atoms with Gasteiger partial charge in [0, 0.05) is 18.5 Å². The molecule has 1 aliphatic carbocycles.